The maximum Gasteiger partial charge on any atom is 0.325 e. The van der Waals surface area contributed by atoms with E-state index in [1.807, 2.05) is 35.8 Å². The summed E-state index contributed by atoms with van der Waals surface area (Å²) in [6, 6.07) is 13.4. The average molecular weight is 465 g/mol. The molecule has 9 nitrogen and oxygen atoms in total. The van der Waals surface area contributed by atoms with Crippen LogP contribution >= 0.6 is 11.8 Å². The van der Waals surface area contributed by atoms with Gasteiger partial charge in [0, 0.05) is 34.3 Å². The second-order valence-electron chi connectivity index (χ2n) is 7.16. The number of nitro benzene ring substituents is 1. The molecule has 0 saturated carbocycles. The highest BCUT2D eigenvalue weighted by Gasteiger charge is 2.25. The van der Waals surface area contributed by atoms with Crippen molar-refractivity contribution in [1.29, 1.82) is 0 Å². The summed E-state index contributed by atoms with van der Waals surface area (Å²) >= 11 is 1.18. The topological polar surface area (TPSA) is 116 Å². The van der Waals surface area contributed by atoms with Crippen molar-refractivity contribution in [2.45, 2.75) is 20.4 Å². The lowest BCUT2D eigenvalue weighted by molar-refractivity contribution is -0.384. The van der Waals surface area contributed by atoms with Crippen LogP contribution in [-0.4, -0.2) is 33.1 Å². The van der Waals surface area contributed by atoms with Crippen LogP contribution in [0.4, 0.5) is 11.4 Å². The molecule has 1 fully saturated rings. The van der Waals surface area contributed by atoms with Gasteiger partial charge in [-0.05, 0) is 49.9 Å². The van der Waals surface area contributed by atoms with Crippen molar-refractivity contribution in [2.24, 2.45) is 4.99 Å². The molecule has 2 heterocycles. The van der Waals surface area contributed by atoms with Crippen molar-refractivity contribution < 1.29 is 19.2 Å². The molecule has 1 amide bonds. The molecule has 1 aromatic heterocycles. The Bertz CT molecular complexity index is 1320. The number of hydrogen-bond acceptors (Lipinski definition) is 7. The number of non-ortho nitro benzene ring substituents is 1. The Morgan fingerprint density at radius 2 is 1.97 bits per heavy atom. The molecule has 0 aliphatic carbocycles. The summed E-state index contributed by atoms with van der Waals surface area (Å²) in [4.78, 5) is 39.8. The van der Waals surface area contributed by atoms with Crippen LogP contribution in [0.3, 0.4) is 0 Å². The van der Waals surface area contributed by atoms with Gasteiger partial charge in [0.2, 0.25) is 0 Å². The van der Waals surface area contributed by atoms with Crippen molar-refractivity contribution in [2.75, 3.05) is 6.61 Å². The van der Waals surface area contributed by atoms with Crippen LogP contribution in [0, 0.1) is 17.0 Å². The minimum Gasteiger partial charge on any atom is -0.465 e. The van der Waals surface area contributed by atoms with Crippen LogP contribution in [0.15, 0.2) is 58.4 Å². The van der Waals surface area contributed by atoms with Gasteiger partial charge in [-0.1, -0.05) is 18.2 Å². The quantitative estimate of drug-likeness (QED) is 0.251. The number of hydrogen-bond donors (Lipinski definition) is 1. The molecule has 0 spiro atoms. The number of nitrogens with one attached hydrogen (secondary N) is 1. The fourth-order valence-corrected chi connectivity index (χ4v) is 4.38. The predicted molar refractivity (Wildman–Crippen MR) is 127 cm³/mol. The molecule has 33 heavy (non-hydrogen) atoms. The Hall–Kier alpha value is -3.92. The first-order valence-corrected chi connectivity index (χ1v) is 11.0. The number of thioether (sulfide) groups is 1. The number of fused-ring (bicyclic) bond motifs is 1. The van der Waals surface area contributed by atoms with Crippen molar-refractivity contribution in [3.05, 3.63) is 74.8 Å². The standard InChI is InChI=1S/C23H20N4O5S/c1-3-32-21(28)13-26-14(2)18(17-6-4-5-7-19(17)26)12-20-22(29)25-23(33-20)24-15-8-10-16(11-9-15)27(30)31/h4-12H,3,13H2,1-2H3,(H,24,25,29)/b20-12-. The van der Waals surface area contributed by atoms with Crippen LogP contribution < -0.4 is 5.32 Å². The smallest absolute Gasteiger partial charge is 0.325 e. The van der Waals surface area contributed by atoms with Gasteiger partial charge in [0.05, 0.1) is 22.1 Å². The van der Waals surface area contributed by atoms with Crippen molar-refractivity contribution >= 4 is 57.2 Å². The van der Waals surface area contributed by atoms with E-state index in [2.05, 4.69) is 10.3 Å². The first kappa shape index (κ1) is 22.3. The van der Waals surface area contributed by atoms with E-state index in [1.165, 1.54) is 36.0 Å². The van der Waals surface area contributed by atoms with E-state index in [-0.39, 0.29) is 24.1 Å². The van der Waals surface area contributed by atoms with E-state index in [4.69, 9.17) is 4.74 Å². The second-order valence-corrected chi connectivity index (χ2v) is 8.19. The summed E-state index contributed by atoms with van der Waals surface area (Å²) in [6.45, 7) is 4.05. The molecule has 3 aromatic rings. The molecular weight excluding hydrogens is 444 g/mol. The minimum atomic E-state index is -0.482. The number of esters is 1. The number of nitro groups is 1. The van der Waals surface area contributed by atoms with E-state index in [0.717, 1.165) is 22.2 Å². The van der Waals surface area contributed by atoms with Gasteiger partial charge in [0.1, 0.15) is 6.54 Å². The third kappa shape index (κ3) is 4.65. The third-order valence-electron chi connectivity index (χ3n) is 5.09. The number of nitrogens with zero attached hydrogens (tertiary/aromatic N) is 3. The number of benzene rings is 2. The Morgan fingerprint density at radius 1 is 1.24 bits per heavy atom. The van der Waals surface area contributed by atoms with Gasteiger partial charge in [-0.15, -0.1) is 0 Å². The van der Waals surface area contributed by atoms with Crippen LogP contribution in [0.1, 0.15) is 18.2 Å². The zero-order valence-corrected chi connectivity index (χ0v) is 18.7. The molecule has 1 aliphatic rings. The van der Waals surface area contributed by atoms with E-state index < -0.39 is 4.92 Å². The molecular formula is C23H20N4O5S. The third-order valence-corrected chi connectivity index (χ3v) is 6.00. The lowest BCUT2D eigenvalue weighted by atomic mass is 10.1. The number of amidine groups is 1. The van der Waals surface area contributed by atoms with Gasteiger partial charge >= 0.3 is 5.97 Å². The molecule has 1 aliphatic heterocycles. The number of aliphatic imine (C=N–C) groups is 1. The van der Waals surface area contributed by atoms with Crippen LogP contribution in [-0.2, 0) is 20.9 Å². The molecule has 1 N–H and O–H groups in total. The lowest BCUT2D eigenvalue weighted by Crippen LogP contribution is -2.19. The number of rotatable bonds is 6. The molecule has 168 valence electrons. The predicted octanol–water partition coefficient (Wildman–Crippen LogP) is 4.31. The highest BCUT2D eigenvalue weighted by Crippen LogP contribution is 2.33. The molecule has 2 aromatic carbocycles. The second kappa shape index (κ2) is 9.29. The largest absolute Gasteiger partial charge is 0.465 e. The highest BCUT2D eigenvalue weighted by atomic mass is 32.2. The summed E-state index contributed by atoms with van der Waals surface area (Å²) in [5, 5.41) is 14.8. The van der Waals surface area contributed by atoms with Crippen LogP contribution in [0.5, 0.6) is 0 Å². The Labute approximate surface area is 193 Å². The van der Waals surface area contributed by atoms with E-state index in [1.54, 1.807) is 13.0 Å². The van der Waals surface area contributed by atoms with Crippen LogP contribution in [0.25, 0.3) is 17.0 Å². The summed E-state index contributed by atoms with van der Waals surface area (Å²) in [5.74, 6) is -0.617. The molecule has 0 unspecified atom stereocenters. The van der Waals surface area contributed by atoms with Gasteiger partial charge in [-0.2, -0.15) is 0 Å². The first-order chi connectivity index (χ1) is 15.9. The van der Waals surface area contributed by atoms with Gasteiger partial charge in [0.25, 0.3) is 11.6 Å². The number of amides is 1. The molecule has 0 bridgehead atoms. The van der Waals surface area contributed by atoms with E-state index in [9.17, 15) is 19.7 Å². The summed E-state index contributed by atoms with van der Waals surface area (Å²) in [7, 11) is 0. The molecule has 1 saturated heterocycles. The lowest BCUT2D eigenvalue weighted by Gasteiger charge is -2.07. The fourth-order valence-electron chi connectivity index (χ4n) is 3.56. The van der Waals surface area contributed by atoms with Gasteiger partial charge < -0.3 is 14.6 Å². The number of carbonyl (C=O) groups is 2. The average Bonchev–Trinajstić information content (AvgIpc) is 3.26. The SMILES string of the molecule is CCOC(=O)Cn1c(C)c(/C=C2\SC(=Nc3ccc([N+](=O)[O-])cc3)NC2=O)c2ccccc21. The van der Waals surface area contributed by atoms with E-state index in [0.29, 0.717) is 22.4 Å². The number of carbonyl (C=O) groups excluding carboxylic acids is 2. The summed E-state index contributed by atoms with van der Waals surface area (Å²) < 4.78 is 6.98. The van der Waals surface area contributed by atoms with Crippen molar-refractivity contribution in [3.8, 4) is 0 Å². The highest BCUT2D eigenvalue weighted by molar-refractivity contribution is 8.18. The Morgan fingerprint density at radius 3 is 2.67 bits per heavy atom. The summed E-state index contributed by atoms with van der Waals surface area (Å²) in [6.07, 6.45) is 1.79. The Kier molecular flexibility index (Phi) is 6.27. The number of para-hydroxylation sites is 1. The van der Waals surface area contributed by atoms with Crippen LogP contribution in [0.2, 0.25) is 0 Å². The fraction of sp³-hybridized carbons (Fsp3) is 0.174. The zero-order valence-electron chi connectivity index (χ0n) is 17.9. The van der Waals surface area contributed by atoms with Crippen molar-refractivity contribution in [3.63, 3.8) is 0 Å². The van der Waals surface area contributed by atoms with Gasteiger partial charge in [-0.25, -0.2) is 4.99 Å². The molecule has 0 atom stereocenters. The van der Waals surface area contributed by atoms with E-state index >= 15 is 0 Å². The Balaban J connectivity index is 1.66. The number of aromatic nitrogens is 1. The van der Waals surface area contributed by atoms with Gasteiger partial charge in [-0.3, -0.25) is 19.7 Å². The normalized spacial score (nSPS) is 15.9. The first-order valence-electron chi connectivity index (χ1n) is 10.1. The molecule has 0 radical (unpaired) electrons. The van der Waals surface area contributed by atoms with Crippen molar-refractivity contribution in [1.82, 2.24) is 9.88 Å². The molecule has 4 rings (SSSR count). The molecule has 10 heteroatoms. The summed E-state index contributed by atoms with van der Waals surface area (Å²) in [5.41, 5.74) is 3.01. The number of ether oxygens (including phenoxy) is 1. The minimum absolute atomic E-state index is 0.0303. The van der Waals surface area contributed by atoms with Gasteiger partial charge in [0.15, 0.2) is 5.17 Å². The maximum atomic E-state index is 12.6. The zero-order chi connectivity index (χ0) is 23.5. The monoisotopic (exact) mass is 464 g/mol. The maximum absolute atomic E-state index is 12.6.